The van der Waals surface area contributed by atoms with Gasteiger partial charge < -0.3 is 4.57 Å². The molecule has 88 valence electrons. The third-order valence-electron chi connectivity index (χ3n) is 3.31. The highest BCUT2D eigenvalue weighted by Crippen LogP contribution is 2.23. The van der Waals surface area contributed by atoms with Gasteiger partial charge in [0.15, 0.2) is 0 Å². The Kier molecular flexibility index (Phi) is 2.93. The predicted octanol–water partition coefficient (Wildman–Crippen LogP) is 3.89. The Morgan fingerprint density at radius 2 is 2.06 bits per heavy atom. The fraction of sp³-hybridized carbons (Fsp3) is 0.400. The van der Waals surface area contributed by atoms with Crippen molar-refractivity contribution in [1.82, 2.24) is 4.57 Å². The molecule has 0 fully saturated rings. The van der Waals surface area contributed by atoms with Crippen LogP contribution < -0.4 is 0 Å². The molecule has 0 unspecified atom stereocenters. The van der Waals surface area contributed by atoms with Crippen LogP contribution in [0.1, 0.15) is 25.8 Å². The summed E-state index contributed by atoms with van der Waals surface area (Å²) in [6.07, 6.45) is 2.99. The standard InChI is InChI=1S/C15H18N2/c1-12-5-4-6-14-13(12)7-9-17(14)10-8-15(2,3)11-16/h4-7,9H,8,10H2,1-3H3. The van der Waals surface area contributed by atoms with E-state index in [0.717, 1.165) is 13.0 Å². The molecule has 0 aliphatic heterocycles. The van der Waals surface area contributed by atoms with E-state index >= 15 is 0 Å². The lowest BCUT2D eigenvalue weighted by molar-refractivity contribution is 0.417. The first kappa shape index (κ1) is 11.7. The van der Waals surface area contributed by atoms with Gasteiger partial charge in [0.2, 0.25) is 0 Å². The van der Waals surface area contributed by atoms with Crippen molar-refractivity contribution >= 4 is 10.9 Å². The molecule has 0 radical (unpaired) electrons. The molecule has 17 heavy (non-hydrogen) atoms. The number of rotatable bonds is 3. The van der Waals surface area contributed by atoms with E-state index in [4.69, 9.17) is 5.26 Å². The molecule has 0 amide bonds. The van der Waals surface area contributed by atoms with Gasteiger partial charge in [-0.3, -0.25) is 0 Å². The SMILES string of the molecule is Cc1cccc2c1ccn2CCC(C)(C)C#N. The Hall–Kier alpha value is -1.75. The van der Waals surface area contributed by atoms with Crippen LogP contribution in [-0.2, 0) is 6.54 Å². The molecule has 1 heterocycles. The molecule has 0 bridgehead atoms. The Balaban J connectivity index is 2.27. The first-order valence-corrected chi connectivity index (χ1v) is 5.99. The average molecular weight is 226 g/mol. The molecule has 0 saturated heterocycles. The van der Waals surface area contributed by atoms with Gasteiger partial charge in [-0.2, -0.15) is 5.26 Å². The summed E-state index contributed by atoms with van der Waals surface area (Å²) in [5, 5.41) is 10.3. The molecule has 2 nitrogen and oxygen atoms in total. The second-order valence-electron chi connectivity index (χ2n) is 5.26. The molecule has 2 heteroatoms. The molecule has 0 spiro atoms. The molecule has 0 saturated carbocycles. The van der Waals surface area contributed by atoms with Crippen molar-refractivity contribution in [3.8, 4) is 6.07 Å². The molecule has 1 aromatic carbocycles. The van der Waals surface area contributed by atoms with Gasteiger partial charge in [-0.1, -0.05) is 12.1 Å². The lowest BCUT2D eigenvalue weighted by Gasteiger charge is -2.15. The summed E-state index contributed by atoms with van der Waals surface area (Å²) in [6, 6.07) is 10.9. The van der Waals surface area contributed by atoms with Crippen molar-refractivity contribution in [2.45, 2.75) is 33.7 Å². The molecule has 1 aromatic heterocycles. The van der Waals surface area contributed by atoms with E-state index in [9.17, 15) is 0 Å². The van der Waals surface area contributed by atoms with Crippen molar-refractivity contribution in [3.63, 3.8) is 0 Å². The zero-order chi connectivity index (χ0) is 12.5. The van der Waals surface area contributed by atoms with Crippen LogP contribution in [-0.4, -0.2) is 4.57 Å². The van der Waals surface area contributed by atoms with Crippen LogP contribution in [0.2, 0.25) is 0 Å². The highest BCUT2D eigenvalue weighted by molar-refractivity contribution is 5.83. The molecule has 0 aliphatic carbocycles. The Morgan fingerprint density at radius 1 is 1.29 bits per heavy atom. The third kappa shape index (κ3) is 2.34. The van der Waals surface area contributed by atoms with Gasteiger partial charge in [-0.15, -0.1) is 0 Å². The van der Waals surface area contributed by atoms with Gasteiger partial charge in [0.25, 0.3) is 0 Å². The van der Waals surface area contributed by atoms with Gasteiger partial charge in [0, 0.05) is 23.6 Å². The van der Waals surface area contributed by atoms with Crippen LogP contribution >= 0.6 is 0 Å². The molecule has 0 atom stereocenters. The minimum Gasteiger partial charge on any atom is -0.347 e. The van der Waals surface area contributed by atoms with Crippen molar-refractivity contribution in [3.05, 3.63) is 36.0 Å². The van der Waals surface area contributed by atoms with Crippen molar-refractivity contribution in [2.24, 2.45) is 5.41 Å². The topological polar surface area (TPSA) is 28.7 Å². The number of benzene rings is 1. The monoisotopic (exact) mass is 226 g/mol. The second-order valence-corrected chi connectivity index (χ2v) is 5.26. The predicted molar refractivity (Wildman–Crippen MR) is 70.7 cm³/mol. The van der Waals surface area contributed by atoms with Gasteiger partial charge in [0.05, 0.1) is 11.5 Å². The van der Waals surface area contributed by atoms with Crippen LogP contribution in [0.3, 0.4) is 0 Å². The molecule has 0 aliphatic rings. The minimum absolute atomic E-state index is 0.250. The first-order valence-electron chi connectivity index (χ1n) is 5.99. The normalized spacial score (nSPS) is 11.6. The van der Waals surface area contributed by atoms with Gasteiger partial charge in [-0.05, 0) is 44.9 Å². The van der Waals surface area contributed by atoms with Gasteiger partial charge in [0.1, 0.15) is 0 Å². The summed E-state index contributed by atoms with van der Waals surface area (Å²) in [5.74, 6) is 0. The Morgan fingerprint density at radius 3 is 2.76 bits per heavy atom. The van der Waals surface area contributed by atoms with Crippen molar-refractivity contribution < 1.29 is 0 Å². The molecular formula is C15H18N2. The fourth-order valence-electron chi connectivity index (χ4n) is 2.03. The van der Waals surface area contributed by atoms with Crippen LogP contribution in [0.4, 0.5) is 0 Å². The number of nitrogens with zero attached hydrogens (tertiary/aromatic N) is 2. The average Bonchev–Trinajstić information content (AvgIpc) is 2.71. The smallest absolute Gasteiger partial charge is 0.0684 e. The van der Waals surface area contributed by atoms with E-state index in [-0.39, 0.29) is 5.41 Å². The zero-order valence-corrected chi connectivity index (χ0v) is 10.7. The highest BCUT2D eigenvalue weighted by atomic mass is 14.9. The summed E-state index contributed by atoms with van der Waals surface area (Å²) in [4.78, 5) is 0. The summed E-state index contributed by atoms with van der Waals surface area (Å²) >= 11 is 0. The van der Waals surface area contributed by atoms with E-state index in [2.05, 4.69) is 48.0 Å². The fourth-order valence-corrected chi connectivity index (χ4v) is 2.03. The highest BCUT2D eigenvalue weighted by Gasteiger charge is 2.16. The van der Waals surface area contributed by atoms with Gasteiger partial charge >= 0.3 is 0 Å². The van der Waals surface area contributed by atoms with E-state index in [0.29, 0.717) is 0 Å². The van der Waals surface area contributed by atoms with E-state index in [1.807, 2.05) is 13.8 Å². The van der Waals surface area contributed by atoms with Crippen LogP contribution in [0, 0.1) is 23.7 Å². The number of aromatic nitrogens is 1. The summed E-state index contributed by atoms with van der Waals surface area (Å²) in [5.41, 5.74) is 2.32. The number of nitriles is 1. The van der Waals surface area contributed by atoms with Crippen LogP contribution in [0.15, 0.2) is 30.5 Å². The van der Waals surface area contributed by atoms with E-state index < -0.39 is 0 Å². The second kappa shape index (κ2) is 4.25. The number of hydrogen-bond donors (Lipinski definition) is 0. The van der Waals surface area contributed by atoms with Crippen molar-refractivity contribution in [1.29, 1.82) is 5.26 Å². The summed E-state index contributed by atoms with van der Waals surface area (Å²) in [7, 11) is 0. The minimum atomic E-state index is -0.250. The van der Waals surface area contributed by atoms with E-state index in [1.54, 1.807) is 0 Å². The quantitative estimate of drug-likeness (QED) is 0.780. The van der Waals surface area contributed by atoms with Crippen LogP contribution in [0.5, 0.6) is 0 Å². The lowest BCUT2D eigenvalue weighted by Crippen LogP contribution is -2.11. The van der Waals surface area contributed by atoms with Crippen LogP contribution in [0.25, 0.3) is 10.9 Å². The third-order valence-corrected chi connectivity index (χ3v) is 3.31. The number of aryl methyl sites for hydroxylation is 2. The number of hydrogen-bond acceptors (Lipinski definition) is 1. The first-order chi connectivity index (χ1) is 8.03. The summed E-state index contributed by atoms with van der Waals surface area (Å²) < 4.78 is 2.24. The van der Waals surface area contributed by atoms with Gasteiger partial charge in [-0.25, -0.2) is 0 Å². The maximum Gasteiger partial charge on any atom is 0.0684 e. The van der Waals surface area contributed by atoms with E-state index in [1.165, 1.54) is 16.5 Å². The summed E-state index contributed by atoms with van der Waals surface area (Å²) in [6.45, 7) is 7.01. The zero-order valence-electron chi connectivity index (χ0n) is 10.7. The maximum atomic E-state index is 9.02. The molecule has 0 N–H and O–H groups in total. The lowest BCUT2D eigenvalue weighted by atomic mass is 9.91. The Labute approximate surface area is 102 Å². The molecule has 2 rings (SSSR count). The number of fused-ring (bicyclic) bond motifs is 1. The Bertz CT molecular complexity index is 570. The van der Waals surface area contributed by atoms with Crippen molar-refractivity contribution in [2.75, 3.05) is 0 Å². The molecular weight excluding hydrogens is 208 g/mol. The maximum absolute atomic E-state index is 9.02. The largest absolute Gasteiger partial charge is 0.347 e. The molecule has 2 aromatic rings.